The van der Waals surface area contributed by atoms with E-state index in [1.807, 2.05) is 18.2 Å². The van der Waals surface area contributed by atoms with Crippen molar-refractivity contribution in [3.63, 3.8) is 0 Å². The quantitative estimate of drug-likeness (QED) is 0.692. The molecule has 0 spiro atoms. The minimum Gasteiger partial charge on any atom is -0.468 e. The standard InChI is InChI=1S/C13H19NO/c1-2-3-6-13(11-7-8-11)14-10-12-5-4-9-15-12/h2,4-5,9,11,13-14H,1,3,6-8,10H2. The van der Waals surface area contributed by atoms with E-state index in [1.165, 1.54) is 19.3 Å². The van der Waals surface area contributed by atoms with Crippen LogP contribution in [0.1, 0.15) is 31.4 Å². The lowest BCUT2D eigenvalue weighted by atomic mass is 10.1. The third-order valence-corrected chi connectivity index (χ3v) is 2.99. The van der Waals surface area contributed by atoms with Crippen molar-refractivity contribution < 1.29 is 4.42 Å². The molecule has 1 aromatic heterocycles. The molecule has 1 aromatic rings. The van der Waals surface area contributed by atoms with E-state index in [9.17, 15) is 0 Å². The molecule has 1 aliphatic carbocycles. The predicted molar refractivity (Wildman–Crippen MR) is 61.5 cm³/mol. The molecule has 1 unspecified atom stereocenters. The van der Waals surface area contributed by atoms with Crippen molar-refractivity contribution >= 4 is 0 Å². The van der Waals surface area contributed by atoms with Gasteiger partial charge < -0.3 is 9.73 Å². The van der Waals surface area contributed by atoms with Crippen molar-refractivity contribution in [3.05, 3.63) is 36.8 Å². The Morgan fingerprint density at radius 1 is 1.60 bits per heavy atom. The molecule has 1 N–H and O–H groups in total. The van der Waals surface area contributed by atoms with E-state index in [0.29, 0.717) is 6.04 Å². The number of allylic oxidation sites excluding steroid dienone is 1. The van der Waals surface area contributed by atoms with Crippen LogP contribution in [0.25, 0.3) is 0 Å². The second-order valence-corrected chi connectivity index (χ2v) is 4.27. The average Bonchev–Trinajstić information content (AvgIpc) is 2.95. The van der Waals surface area contributed by atoms with Crippen LogP contribution >= 0.6 is 0 Å². The van der Waals surface area contributed by atoms with Crippen molar-refractivity contribution in [3.8, 4) is 0 Å². The van der Waals surface area contributed by atoms with Gasteiger partial charge in [0.25, 0.3) is 0 Å². The van der Waals surface area contributed by atoms with Crippen LogP contribution in [0.5, 0.6) is 0 Å². The fourth-order valence-corrected chi connectivity index (χ4v) is 1.95. The van der Waals surface area contributed by atoms with Gasteiger partial charge in [0.1, 0.15) is 5.76 Å². The van der Waals surface area contributed by atoms with Gasteiger partial charge in [-0.25, -0.2) is 0 Å². The first-order chi connectivity index (χ1) is 7.40. The Balaban J connectivity index is 1.76. The van der Waals surface area contributed by atoms with Crippen LogP contribution in [0.4, 0.5) is 0 Å². The Bertz CT molecular complexity index is 287. The van der Waals surface area contributed by atoms with Crippen LogP contribution in [-0.4, -0.2) is 6.04 Å². The first-order valence-electron chi connectivity index (χ1n) is 5.77. The summed E-state index contributed by atoms with van der Waals surface area (Å²) in [5.74, 6) is 1.92. The summed E-state index contributed by atoms with van der Waals surface area (Å²) in [7, 11) is 0. The van der Waals surface area contributed by atoms with E-state index in [2.05, 4.69) is 11.9 Å². The highest BCUT2D eigenvalue weighted by Gasteiger charge is 2.30. The van der Waals surface area contributed by atoms with Crippen molar-refractivity contribution in [1.82, 2.24) is 5.32 Å². The van der Waals surface area contributed by atoms with Crippen LogP contribution in [0.3, 0.4) is 0 Å². The van der Waals surface area contributed by atoms with Crippen molar-refractivity contribution in [1.29, 1.82) is 0 Å². The van der Waals surface area contributed by atoms with E-state index in [0.717, 1.165) is 24.6 Å². The van der Waals surface area contributed by atoms with Crippen molar-refractivity contribution in [2.75, 3.05) is 0 Å². The summed E-state index contributed by atoms with van der Waals surface area (Å²) in [5.41, 5.74) is 0. The smallest absolute Gasteiger partial charge is 0.117 e. The molecule has 0 saturated heterocycles. The summed E-state index contributed by atoms with van der Waals surface area (Å²) in [6.45, 7) is 4.63. The van der Waals surface area contributed by atoms with Crippen molar-refractivity contribution in [2.24, 2.45) is 5.92 Å². The maximum Gasteiger partial charge on any atom is 0.117 e. The molecule has 1 fully saturated rings. The van der Waals surface area contributed by atoms with Crippen LogP contribution in [0.2, 0.25) is 0 Å². The Morgan fingerprint density at radius 2 is 2.47 bits per heavy atom. The normalized spacial score (nSPS) is 17.6. The van der Waals surface area contributed by atoms with E-state index < -0.39 is 0 Å². The summed E-state index contributed by atoms with van der Waals surface area (Å²) < 4.78 is 5.31. The molecular weight excluding hydrogens is 186 g/mol. The zero-order valence-electron chi connectivity index (χ0n) is 9.11. The molecule has 0 aliphatic heterocycles. The van der Waals surface area contributed by atoms with Gasteiger partial charge in [0, 0.05) is 6.04 Å². The van der Waals surface area contributed by atoms with Crippen molar-refractivity contribution in [2.45, 2.75) is 38.3 Å². The molecule has 1 saturated carbocycles. The minimum absolute atomic E-state index is 0.646. The molecule has 2 heteroatoms. The van der Waals surface area contributed by atoms with Gasteiger partial charge >= 0.3 is 0 Å². The number of furan rings is 1. The van der Waals surface area contributed by atoms with Gasteiger partial charge in [-0.05, 0) is 43.7 Å². The largest absolute Gasteiger partial charge is 0.468 e. The maximum atomic E-state index is 5.31. The summed E-state index contributed by atoms with van der Waals surface area (Å²) in [4.78, 5) is 0. The van der Waals surface area contributed by atoms with E-state index in [4.69, 9.17) is 4.42 Å². The highest BCUT2D eigenvalue weighted by Crippen LogP contribution is 2.34. The molecule has 2 rings (SSSR count). The van der Waals surface area contributed by atoms with Crippen LogP contribution in [-0.2, 0) is 6.54 Å². The maximum absolute atomic E-state index is 5.31. The highest BCUT2D eigenvalue weighted by molar-refractivity contribution is 4.98. The molecule has 1 atom stereocenters. The van der Waals surface area contributed by atoms with Gasteiger partial charge in [-0.3, -0.25) is 0 Å². The lowest BCUT2D eigenvalue weighted by Crippen LogP contribution is -2.30. The molecule has 0 bridgehead atoms. The van der Waals surface area contributed by atoms with Gasteiger partial charge in [-0.2, -0.15) is 0 Å². The number of hydrogen-bond donors (Lipinski definition) is 1. The molecule has 0 radical (unpaired) electrons. The third kappa shape index (κ3) is 3.24. The Hall–Kier alpha value is -1.02. The van der Waals surface area contributed by atoms with Crippen LogP contribution in [0.15, 0.2) is 35.5 Å². The van der Waals surface area contributed by atoms with Gasteiger partial charge in [-0.15, -0.1) is 6.58 Å². The molecule has 1 aliphatic rings. The van der Waals surface area contributed by atoms with E-state index >= 15 is 0 Å². The van der Waals surface area contributed by atoms with E-state index in [1.54, 1.807) is 6.26 Å². The van der Waals surface area contributed by atoms with Gasteiger partial charge in [-0.1, -0.05) is 6.08 Å². The Labute approximate surface area is 91.4 Å². The third-order valence-electron chi connectivity index (χ3n) is 2.99. The molecule has 15 heavy (non-hydrogen) atoms. The topological polar surface area (TPSA) is 25.2 Å². The summed E-state index contributed by atoms with van der Waals surface area (Å²) >= 11 is 0. The first kappa shape index (κ1) is 10.5. The SMILES string of the molecule is C=CCCC(NCc1ccco1)C1CC1. The van der Waals surface area contributed by atoms with Crippen LogP contribution < -0.4 is 5.32 Å². The van der Waals surface area contributed by atoms with Gasteiger partial charge in [0.2, 0.25) is 0 Å². The molecule has 0 aromatic carbocycles. The molecular formula is C13H19NO. The zero-order chi connectivity index (χ0) is 10.5. The second kappa shape index (κ2) is 5.17. The summed E-state index contributed by atoms with van der Waals surface area (Å²) in [6, 6.07) is 4.60. The fraction of sp³-hybridized carbons (Fsp3) is 0.538. The Kier molecular flexibility index (Phi) is 3.62. The lowest BCUT2D eigenvalue weighted by molar-refractivity contribution is 0.402. The van der Waals surface area contributed by atoms with Crippen LogP contribution in [0, 0.1) is 5.92 Å². The summed E-state index contributed by atoms with van der Waals surface area (Å²) in [6.07, 6.45) is 8.80. The van der Waals surface area contributed by atoms with E-state index in [-0.39, 0.29) is 0 Å². The number of nitrogens with one attached hydrogen (secondary N) is 1. The van der Waals surface area contributed by atoms with Gasteiger partial charge in [0.05, 0.1) is 12.8 Å². The molecule has 0 amide bonds. The molecule has 1 heterocycles. The fourth-order valence-electron chi connectivity index (χ4n) is 1.95. The number of rotatable bonds is 7. The monoisotopic (exact) mass is 205 g/mol. The predicted octanol–water partition coefficient (Wildman–Crippen LogP) is 3.11. The second-order valence-electron chi connectivity index (χ2n) is 4.27. The molecule has 2 nitrogen and oxygen atoms in total. The van der Waals surface area contributed by atoms with Gasteiger partial charge in [0.15, 0.2) is 0 Å². The number of hydrogen-bond acceptors (Lipinski definition) is 2. The zero-order valence-corrected chi connectivity index (χ0v) is 9.11. The first-order valence-corrected chi connectivity index (χ1v) is 5.77. The lowest BCUT2D eigenvalue weighted by Gasteiger charge is -2.16. The highest BCUT2D eigenvalue weighted by atomic mass is 16.3. The minimum atomic E-state index is 0.646. The molecule has 82 valence electrons. The summed E-state index contributed by atoms with van der Waals surface area (Å²) in [5, 5.41) is 3.58. The Morgan fingerprint density at radius 3 is 3.07 bits per heavy atom. The average molecular weight is 205 g/mol.